The predicted molar refractivity (Wildman–Crippen MR) is 72.1 cm³/mol. The van der Waals surface area contributed by atoms with Crippen LogP contribution < -0.4 is 16.4 Å². The van der Waals surface area contributed by atoms with Gasteiger partial charge in [0.2, 0.25) is 0 Å². The second kappa shape index (κ2) is 6.59. The highest BCUT2D eigenvalue weighted by Crippen LogP contribution is 2.22. The van der Waals surface area contributed by atoms with Crippen molar-refractivity contribution in [2.45, 2.75) is 19.9 Å². The van der Waals surface area contributed by atoms with Crippen molar-refractivity contribution in [3.8, 4) is 0 Å². The molecule has 0 unspecified atom stereocenters. The largest absolute Gasteiger partial charge is 0.395 e. The first-order chi connectivity index (χ1) is 8.13. The van der Waals surface area contributed by atoms with Gasteiger partial charge in [-0.15, -0.1) is 0 Å². The Morgan fingerprint density at radius 1 is 1.41 bits per heavy atom. The van der Waals surface area contributed by atoms with E-state index in [2.05, 4.69) is 17.9 Å². The van der Waals surface area contributed by atoms with Gasteiger partial charge in [0.15, 0.2) is 0 Å². The maximum atomic E-state index is 9.00. The van der Waals surface area contributed by atoms with Crippen LogP contribution in [0.5, 0.6) is 0 Å². The Morgan fingerprint density at radius 2 is 2.12 bits per heavy atom. The van der Waals surface area contributed by atoms with Crippen molar-refractivity contribution in [3.05, 3.63) is 29.3 Å². The van der Waals surface area contributed by atoms with Gasteiger partial charge in [0.1, 0.15) is 0 Å². The van der Waals surface area contributed by atoms with Crippen molar-refractivity contribution in [2.75, 3.05) is 31.1 Å². The molecule has 17 heavy (non-hydrogen) atoms. The van der Waals surface area contributed by atoms with Crippen LogP contribution >= 0.6 is 0 Å². The highest BCUT2D eigenvalue weighted by atomic mass is 16.3. The predicted octanol–water partition coefficient (Wildman–Crippen LogP) is 0.772. The molecule has 0 bridgehead atoms. The van der Waals surface area contributed by atoms with Gasteiger partial charge in [-0.1, -0.05) is 6.07 Å². The van der Waals surface area contributed by atoms with Gasteiger partial charge in [-0.2, -0.15) is 0 Å². The summed E-state index contributed by atoms with van der Waals surface area (Å²) in [5.74, 6) is 0. The normalized spacial score (nSPS) is 12.5. The van der Waals surface area contributed by atoms with Crippen molar-refractivity contribution >= 4 is 5.69 Å². The Kier molecular flexibility index (Phi) is 5.41. The molecular weight excluding hydrogens is 214 g/mol. The number of benzene rings is 1. The van der Waals surface area contributed by atoms with Crippen molar-refractivity contribution in [1.29, 1.82) is 0 Å². The molecule has 4 heteroatoms. The molecule has 0 aromatic heterocycles. The lowest BCUT2D eigenvalue weighted by atomic mass is 10.0. The van der Waals surface area contributed by atoms with Gasteiger partial charge < -0.3 is 21.5 Å². The van der Waals surface area contributed by atoms with Gasteiger partial charge in [-0.3, -0.25) is 0 Å². The molecule has 0 saturated carbocycles. The first-order valence-corrected chi connectivity index (χ1v) is 6.06. The van der Waals surface area contributed by atoms with Crippen LogP contribution in [-0.4, -0.2) is 31.3 Å². The van der Waals surface area contributed by atoms with Gasteiger partial charge in [-0.05, 0) is 37.1 Å². The second-order valence-electron chi connectivity index (χ2n) is 4.19. The third-order valence-corrected chi connectivity index (χ3v) is 3.02. The molecule has 0 aliphatic rings. The molecule has 0 radical (unpaired) electrons. The van der Waals surface area contributed by atoms with E-state index in [-0.39, 0.29) is 12.6 Å². The molecule has 0 spiro atoms. The molecule has 0 aliphatic carbocycles. The Morgan fingerprint density at radius 3 is 2.59 bits per heavy atom. The fourth-order valence-corrected chi connectivity index (χ4v) is 1.99. The van der Waals surface area contributed by atoms with E-state index in [0.29, 0.717) is 13.1 Å². The van der Waals surface area contributed by atoms with Crippen molar-refractivity contribution < 1.29 is 5.11 Å². The summed E-state index contributed by atoms with van der Waals surface area (Å²) in [4.78, 5) is 2.13. The summed E-state index contributed by atoms with van der Waals surface area (Å²) in [5, 5.41) is 9.00. The molecule has 0 saturated heterocycles. The topological polar surface area (TPSA) is 75.5 Å². The molecule has 1 atom stereocenters. The first-order valence-electron chi connectivity index (χ1n) is 6.06. The summed E-state index contributed by atoms with van der Waals surface area (Å²) >= 11 is 0. The van der Waals surface area contributed by atoms with Crippen LogP contribution in [0.2, 0.25) is 0 Å². The Bertz CT molecular complexity index is 355. The third kappa shape index (κ3) is 3.43. The molecule has 0 heterocycles. The third-order valence-electron chi connectivity index (χ3n) is 3.02. The van der Waals surface area contributed by atoms with Gasteiger partial charge in [0.05, 0.1) is 6.61 Å². The molecule has 4 nitrogen and oxygen atoms in total. The highest BCUT2D eigenvalue weighted by molar-refractivity contribution is 5.51. The van der Waals surface area contributed by atoms with Crippen molar-refractivity contribution in [2.24, 2.45) is 11.5 Å². The number of aliphatic hydroxyl groups excluding tert-OH is 1. The van der Waals surface area contributed by atoms with Crippen LogP contribution in [0.3, 0.4) is 0 Å². The van der Waals surface area contributed by atoms with E-state index < -0.39 is 0 Å². The number of likely N-dealkylation sites (N-methyl/N-ethyl adjacent to an activating group) is 1. The molecule has 1 aromatic rings. The first kappa shape index (κ1) is 14.0. The molecule has 0 fully saturated rings. The summed E-state index contributed by atoms with van der Waals surface area (Å²) in [6.45, 7) is 6.26. The average Bonchev–Trinajstić information content (AvgIpc) is 2.35. The fraction of sp³-hybridized carbons (Fsp3) is 0.538. The summed E-state index contributed by atoms with van der Waals surface area (Å²) in [6, 6.07) is 6.07. The lowest BCUT2D eigenvalue weighted by molar-refractivity contribution is 0.302. The lowest BCUT2D eigenvalue weighted by Gasteiger charge is -2.23. The highest BCUT2D eigenvalue weighted by Gasteiger charge is 2.09. The second-order valence-corrected chi connectivity index (χ2v) is 4.19. The minimum Gasteiger partial charge on any atom is -0.395 e. The Labute approximate surface area is 103 Å². The SMILES string of the molecule is CCN(CCO)c1ccc([C@@H](N)CN)c(C)c1. The zero-order valence-electron chi connectivity index (χ0n) is 10.7. The fourth-order valence-electron chi connectivity index (χ4n) is 1.99. The summed E-state index contributed by atoms with van der Waals surface area (Å²) in [7, 11) is 0. The number of nitrogens with zero attached hydrogens (tertiary/aromatic N) is 1. The molecule has 5 N–H and O–H groups in total. The number of rotatable bonds is 6. The number of hydrogen-bond donors (Lipinski definition) is 3. The van der Waals surface area contributed by atoms with Gasteiger partial charge in [0.25, 0.3) is 0 Å². The van der Waals surface area contributed by atoms with Crippen LogP contribution in [0.1, 0.15) is 24.1 Å². The molecule has 96 valence electrons. The maximum Gasteiger partial charge on any atom is 0.0606 e. The zero-order chi connectivity index (χ0) is 12.8. The maximum absolute atomic E-state index is 9.00. The number of nitrogens with two attached hydrogens (primary N) is 2. The number of hydrogen-bond acceptors (Lipinski definition) is 4. The monoisotopic (exact) mass is 237 g/mol. The van der Waals surface area contributed by atoms with E-state index in [1.165, 1.54) is 0 Å². The van der Waals surface area contributed by atoms with E-state index >= 15 is 0 Å². The van der Waals surface area contributed by atoms with Crippen LogP contribution in [0.25, 0.3) is 0 Å². The van der Waals surface area contributed by atoms with E-state index in [0.717, 1.165) is 23.4 Å². The van der Waals surface area contributed by atoms with Crippen LogP contribution in [0.15, 0.2) is 18.2 Å². The smallest absolute Gasteiger partial charge is 0.0606 e. The molecule has 0 amide bonds. The van der Waals surface area contributed by atoms with Crippen LogP contribution in [-0.2, 0) is 0 Å². The number of anilines is 1. The lowest BCUT2D eigenvalue weighted by Crippen LogP contribution is -2.26. The summed E-state index contributed by atoms with van der Waals surface area (Å²) < 4.78 is 0. The standard InChI is InChI=1S/C13H23N3O/c1-3-16(6-7-17)11-4-5-12(10(2)8-11)13(15)9-14/h4-5,8,13,17H,3,6-7,9,14-15H2,1-2H3/t13-/m0/s1. The summed E-state index contributed by atoms with van der Waals surface area (Å²) in [5.41, 5.74) is 14.9. The van der Waals surface area contributed by atoms with E-state index in [9.17, 15) is 0 Å². The van der Waals surface area contributed by atoms with E-state index in [1.54, 1.807) is 0 Å². The minimum absolute atomic E-state index is 0.100. The van der Waals surface area contributed by atoms with Gasteiger partial charge in [0, 0.05) is 31.4 Å². The molecule has 1 aromatic carbocycles. The van der Waals surface area contributed by atoms with Gasteiger partial charge >= 0.3 is 0 Å². The number of aliphatic hydroxyl groups is 1. The van der Waals surface area contributed by atoms with Crippen molar-refractivity contribution in [3.63, 3.8) is 0 Å². The summed E-state index contributed by atoms with van der Waals surface area (Å²) in [6.07, 6.45) is 0. The molecule has 0 aliphatic heterocycles. The van der Waals surface area contributed by atoms with E-state index in [1.807, 2.05) is 19.1 Å². The Balaban J connectivity index is 2.94. The van der Waals surface area contributed by atoms with Crippen molar-refractivity contribution in [1.82, 2.24) is 0 Å². The molecule has 1 rings (SSSR count). The molecular formula is C13H23N3O. The number of aryl methyl sites for hydroxylation is 1. The van der Waals surface area contributed by atoms with E-state index in [4.69, 9.17) is 16.6 Å². The van der Waals surface area contributed by atoms with Crippen LogP contribution in [0, 0.1) is 6.92 Å². The minimum atomic E-state index is -0.100. The quantitative estimate of drug-likeness (QED) is 0.683. The average molecular weight is 237 g/mol. The van der Waals surface area contributed by atoms with Crippen LogP contribution in [0.4, 0.5) is 5.69 Å². The van der Waals surface area contributed by atoms with Gasteiger partial charge in [-0.25, -0.2) is 0 Å². The Hall–Kier alpha value is -1.10. The zero-order valence-corrected chi connectivity index (χ0v) is 10.7.